The molecule has 0 saturated heterocycles. The van der Waals surface area contributed by atoms with Crippen molar-refractivity contribution < 1.29 is 9.32 Å². The number of carbonyl (C=O) groups is 1. The number of hydrogen-bond donors (Lipinski definition) is 0. The Kier molecular flexibility index (Phi) is 5.65. The van der Waals surface area contributed by atoms with Crippen molar-refractivity contribution in [1.29, 1.82) is 0 Å². The van der Waals surface area contributed by atoms with Gasteiger partial charge in [-0.1, -0.05) is 51.9 Å². The molecule has 0 fully saturated rings. The van der Waals surface area contributed by atoms with Gasteiger partial charge in [0.1, 0.15) is 0 Å². The van der Waals surface area contributed by atoms with Crippen molar-refractivity contribution >= 4 is 5.91 Å². The summed E-state index contributed by atoms with van der Waals surface area (Å²) in [6.45, 7) is 12.5. The quantitative estimate of drug-likeness (QED) is 0.799. The van der Waals surface area contributed by atoms with E-state index in [0.29, 0.717) is 28.8 Å². The third-order valence-corrected chi connectivity index (χ3v) is 4.28. The second-order valence-electron chi connectivity index (χ2n) is 8.11. The summed E-state index contributed by atoms with van der Waals surface area (Å²) in [4.78, 5) is 19.3. The third kappa shape index (κ3) is 4.47. The van der Waals surface area contributed by atoms with Gasteiger partial charge in [0.25, 0.3) is 11.8 Å². The summed E-state index contributed by atoms with van der Waals surface area (Å²) in [6.07, 6.45) is 0.957. The van der Waals surface area contributed by atoms with Gasteiger partial charge < -0.3 is 9.42 Å². The van der Waals surface area contributed by atoms with E-state index in [0.717, 1.165) is 6.42 Å². The van der Waals surface area contributed by atoms with Crippen LogP contribution in [0.2, 0.25) is 0 Å². The van der Waals surface area contributed by atoms with E-state index in [1.165, 1.54) is 0 Å². The smallest absolute Gasteiger partial charge is 0.258 e. The molecule has 1 atom stereocenters. The summed E-state index contributed by atoms with van der Waals surface area (Å²) < 4.78 is 5.44. The zero-order valence-electron chi connectivity index (χ0n) is 16.3. The molecule has 2 rings (SSSR count). The summed E-state index contributed by atoms with van der Waals surface area (Å²) >= 11 is 0. The number of nitrogens with zero attached hydrogens (tertiary/aromatic N) is 3. The van der Waals surface area contributed by atoms with Gasteiger partial charge in [-0.25, -0.2) is 0 Å². The minimum Gasteiger partial charge on any atom is -0.339 e. The second kappa shape index (κ2) is 7.38. The molecule has 1 unspecified atom stereocenters. The Balaban J connectivity index is 2.35. The van der Waals surface area contributed by atoms with Crippen LogP contribution in [0.25, 0.3) is 11.5 Å². The molecule has 0 spiro atoms. The average molecular weight is 343 g/mol. The van der Waals surface area contributed by atoms with Gasteiger partial charge in [0.2, 0.25) is 0 Å². The predicted octanol–water partition coefficient (Wildman–Crippen LogP) is 4.54. The number of hydrogen-bond acceptors (Lipinski definition) is 4. The molecule has 136 valence electrons. The van der Waals surface area contributed by atoms with Crippen LogP contribution in [0.5, 0.6) is 0 Å². The molecule has 0 aliphatic heterocycles. The van der Waals surface area contributed by atoms with Crippen LogP contribution in [-0.2, 0) is 5.41 Å². The Morgan fingerprint density at radius 2 is 1.84 bits per heavy atom. The Bertz CT molecular complexity index is 729. The van der Waals surface area contributed by atoms with Gasteiger partial charge in [-0.3, -0.25) is 4.79 Å². The van der Waals surface area contributed by atoms with Crippen LogP contribution in [-0.4, -0.2) is 34.0 Å². The number of rotatable bonds is 5. The Hall–Kier alpha value is -2.17. The number of amides is 1. The number of carbonyl (C=O) groups excluding carboxylic acids is 1. The lowest BCUT2D eigenvalue weighted by atomic mass is 9.96. The molecule has 2 aromatic rings. The zero-order valence-corrected chi connectivity index (χ0v) is 16.3. The molecule has 0 radical (unpaired) electrons. The minimum atomic E-state index is -0.205. The van der Waals surface area contributed by atoms with Gasteiger partial charge >= 0.3 is 0 Å². The van der Waals surface area contributed by atoms with Crippen molar-refractivity contribution in [2.45, 2.75) is 59.4 Å². The predicted molar refractivity (Wildman–Crippen MR) is 99.4 cm³/mol. The first kappa shape index (κ1) is 19.2. The van der Waals surface area contributed by atoms with Crippen molar-refractivity contribution in [3.05, 3.63) is 35.7 Å². The van der Waals surface area contributed by atoms with Gasteiger partial charge in [0, 0.05) is 18.5 Å². The maximum Gasteiger partial charge on any atom is 0.258 e. The lowest BCUT2D eigenvalue weighted by molar-refractivity contribution is 0.0728. The van der Waals surface area contributed by atoms with E-state index in [-0.39, 0.29) is 17.4 Å². The average Bonchev–Trinajstić information content (AvgIpc) is 3.03. The number of aromatic nitrogens is 2. The summed E-state index contributed by atoms with van der Waals surface area (Å²) in [5.41, 5.74) is 1.06. The van der Waals surface area contributed by atoms with Crippen LogP contribution in [0.4, 0.5) is 0 Å². The monoisotopic (exact) mass is 343 g/mol. The first-order chi connectivity index (χ1) is 11.6. The van der Waals surface area contributed by atoms with Crippen LogP contribution in [0.1, 0.15) is 64.1 Å². The molecule has 0 aliphatic carbocycles. The van der Waals surface area contributed by atoms with Crippen molar-refractivity contribution in [2.75, 3.05) is 7.05 Å². The SMILES string of the molecule is CC(C)CC(C)N(C)C(=O)c1ccccc1-c1nc(C(C)(C)C)no1. The standard InChI is InChI=1S/C20H29N3O2/c1-13(2)12-14(3)23(7)18(24)16-11-9-8-10-15(16)17-21-19(22-25-17)20(4,5)6/h8-11,13-14H,12H2,1-7H3. The van der Waals surface area contributed by atoms with Crippen LogP contribution >= 0.6 is 0 Å². The maximum atomic E-state index is 13.0. The molecule has 0 N–H and O–H groups in total. The fourth-order valence-corrected chi connectivity index (χ4v) is 2.72. The highest BCUT2D eigenvalue weighted by atomic mass is 16.5. The highest BCUT2D eigenvalue weighted by Crippen LogP contribution is 2.27. The fraction of sp³-hybridized carbons (Fsp3) is 0.550. The van der Waals surface area contributed by atoms with Gasteiger partial charge in [-0.05, 0) is 31.4 Å². The summed E-state index contributed by atoms with van der Waals surface area (Å²) in [7, 11) is 1.85. The lowest BCUT2D eigenvalue weighted by Gasteiger charge is -2.27. The van der Waals surface area contributed by atoms with Crippen molar-refractivity contribution in [3.63, 3.8) is 0 Å². The van der Waals surface area contributed by atoms with Gasteiger partial charge in [-0.2, -0.15) is 4.98 Å². The van der Waals surface area contributed by atoms with E-state index in [1.54, 1.807) is 4.90 Å². The summed E-state index contributed by atoms with van der Waals surface area (Å²) in [6, 6.07) is 7.57. The van der Waals surface area contributed by atoms with Gasteiger partial charge in [-0.15, -0.1) is 0 Å². The summed E-state index contributed by atoms with van der Waals surface area (Å²) in [5, 5.41) is 4.07. The Morgan fingerprint density at radius 1 is 1.20 bits per heavy atom. The van der Waals surface area contributed by atoms with Crippen LogP contribution in [0.15, 0.2) is 28.8 Å². The molecule has 1 aromatic heterocycles. The Morgan fingerprint density at radius 3 is 2.40 bits per heavy atom. The van der Waals surface area contributed by atoms with E-state index < -0.39 is 0 Å². The van der Waals surface area contributed by atoms with Crippen LogP contribution in [0, 0.1) is 5.92 Å². The van der Waals surface area contributed by atoms with Gasteiger partial charge in [0.15, 0.2) is 5.82 Å². The summed E-state index contributed by atoms with van der Waals surface area (Å²) in [5.74, 6) is 1.52. The highest BCUT2D eigenvalue weighted by Gasteiger charge is 2.25. The van der Waals surface area contributed by atoms with Crippen LogP contribution < -0.4 is 0 Å². The second-order valence-corrected chi connectivity index (χ2v) is 8.11. The van der Waals surface area contributed by atoms with E-state index in [4.69, 9.17) is 4.52 Å². The molecule has 0 saturated carbocycles. The van der Waals surface area contributed by atoms with E-state index in [2.05, 4.69) is 30.9 Å². The Labute approximate surface area is 150 Å². The topological polar surface area (TPSA) is 59.2 Å². The lowest BCUT2D eigenvalue weighted by Crippen LogP contribution is -2.36. The van der Waals surface area contributed by atoms with Crippen molar-refractivity contribution in [3.8, 4) is 11.5 Å². The highest BCUT2D eigenvalue weighted by molar-refractivity contribution is 6.00. The molecule has 5 heteroatoms. The van der Waals surface area contributed by atoms with E-state index in [1.807, 2.05) is 52.1 Å². The number of benzene rings is 1. The third-order valence-electron chi connectivity index (χ3n) is 4.28. The first-order valence-corrected chi connectivity index (χ1v) is 8.82. The molecular formula is C20H29N3O2. The van der Waals surface area contributed by atoms with Gasteiger partial charge in [0.05, 0.1) is 11.1 Å². The molecule has 0 bridgehead atoms. The molecule has 1 heterocycles. The normalized spacial score (nSPS) is 13.1. The minimum absolute atomic E-state index is 0.0285. The van der Waals surface area contributed by atoms with Crippen molar-refractivity contribution in [1.82, 2.24) is 15.0 Å². The molecule has 5 nitrogen and oxygen atoms in total. The zero-order chi connectivity index (χ0) is 18.8. The largest absolute Gasteiger partial charge is 0.339 e. The van der Waals surface area contributed by atoms with Crippen molar-refractivity contribution in [2.24, 2.45) is 5.92 Å². The molecule has 0 aliphatic rings. The first-order valence-electron chi connectivity index (χ1n) is 8.82. The molecule has 1 amide bonds. The molecule has 25 heavy (non-hydrogen) atoms. The molecular weight excluding hydrogens is 314 g/mol. The fourth-order valence-electron chi connectivity index (χ4n) is 2.72. The maximum absolute atomic E-state index is 13.0. The van der Waals surface area contributed by atoms with E-state index in [9.17, 15) is 4.79 Å². The van der Waals surface area contributed by atoms with E-state index >= 15 is 0 Å². The molecule has 1 aromatic carbocycles. The van der Waals surface area contributed by atoms with Crippen LogP contribution in [0.3, 0.4) is 0 Å².